The highest BCUT2D eigenvalue weighted by Gasteiger charge is 2.31. The Kier molecular flexibility index (Phi) is 8.46. The fourth-order valence-electron chi connectivity index (χ4n) is 3.46. The van der Waals surface area contributed by atoms with Gasteiger partial charge in [-0.25, -0.2) is 4.98 Å². The number of rotatable bonds is 3. The van der Waals surface area contributed by atoms with Crippen LogP contribution < -0.4 is 4.74 Å². The molecule has 4 aromatic rings. The van der Waals surface area contributed by atoms with Crippen molar-refractivity contribution in [3.8, 4) is 5.75 Å². The Labute approximate surface area is 205 Å². The second-order valence-electron chi connectivity index (χ2n) is 7.92. The number of aromatic nitrogens is 2. The number of amides is 2. The third-order valence-corrected chi connectivity index (χ3v) is 5.21. The lowest BCUT2D eigenvalue weighted by Gasteiger charge is -2.08. The van der Waals surface area contributed by atoms with Crippen LogP contribution in [-0.2, 0) is 0 Å². The lowest BCUT2D eigenvalue weighted by molar-refractivity contribution is 0.0693. The van der Waals surface area contributed by atoms with Crippen molar-refractivity contribution < 1.29 is 14.3 Å². The third kappa shape index (κ3) is 6.18. The first kappa shape index (κ1) is 25.3. The average molecular weight is 468 g/mol. The molecule has 0 spiro atoms. The van der Waals surface area contributed by atoms with Crippen LogP contribution in [0.25, 0.3) is 16.6 Å². The molecule has 0 bridgehead atoms. The molecular formula is C29H29N3O3. The number of carbonyl (C=O) groups is 2. The Hall–Kier alpha value is -4.32. The minimum atomic E-state index is -0.212. The zero-order valence-electron chi connectivity index (χ0n) is 20.5. The highest BCUT2D eigenvalue weighted by molar-refractivity contribution is 6.21. The van der Waals surface area contributed by atoms with Gasteiger partial charge >= 0.3 is 0 Å². The molecule has 0 saturated carbocycles. The van der Waals surface area contributed by atoms with E-state index < -0.39 is 0 Å². The van der Waals surface area contributed by atoms with Crippen LogP contribution in [0.4, 0.5) is 0 Å². The van der Waals surface area contributed by atoms with Gasteiger partial charge in [0.15, 0.2) is 0 Å². The minimum absolute atomic E-state index is 0.212. The van der Waals surface area contributed by atoms with E-state index in [1.54, 1.807) is 30.5 Å². The van der Waals surface area contributed by atoms with E-state index in [9.17, 15) is 9.59 Å². The normalized spacial score (nSPS) is 11.7. The Morgan fingerprint density at radius 1 is 0.886 bits per heavy atom. The van der Waals surface area contributed by atoms with Crippen molar-refractivity contribution in [3.05, 3.63) is 108 Å². The van der Waals surface area contributed by atoms with Crippen LogP contribution >= 0.6 is 0 Å². The molecule has 0 saturated heterocycles. The predicted molar refractivity (Wildman–Crippen MR) is 139 cm³/mol. The lowest BCUT2D eigenvalue weighted by Crippen LogP contribution is -2.24. The molecule has 6 heteroatoms. The lowest BCUT2D eigenvalue weighted by atomic mass is 10.1. The smallest absolute Gasteiger partial charge is 0.261 e. The molecule has 0 atom stereocenters. The number of benzene rings is 3. The largest absolute Gasteiger partial charge is 0.493 e. The van der Waals surface area contributed by atoms with E-state index in [0.29, 0.717) is 17.7 Å². The molecule has 178 valence electrons. The second-order valence-corrected chi connectivity index (χ2v) is 7.92. The maximum Gasteiger partial charge on any atom is 0.261 e. The van der Waals surface area contributed by atoms with Gasteiger partial charge in [0, 0.05) is 18.8 Å². The summed E-state index contributed by atoms with van der Waals surface area (Å²) in [4.78, 5) is 32.3. The molecule has 6 nitrogen and oxygen atoms in total. The summed E-state index contributed by atoms with van der Waals surface area (Å²) in [5, 5.41) is 0. The summed E-state index contributed by atoms with van der Waals surface area (Å²) in [5.41, 5.74) is 6.03. The number of nitrogens with zero attached hydrogens (tertiary/aromatic N) is 3. The molecule has 1 aliphatic rings. The van der Waals surface area contributed by atoms with E-state index in [0.717, 1.165) is 38.5 Å². The molecule has 2 amide bonds. The Balaban J connectivity index is 0.000000147. The molecular weight excluding hydrogens is 438 g/mol. The number of hydrogen-bond donors (Lipinski definition) is 0. The van der Waals surface area contributed by atoms with Gasteiger partial charge in [-0.15, -0.1) is 0 Å². The number of ether oxygens (including phenoxy) is 1. The molecule has 0 N–H and O–H groups in total. The van der Waals surface area contributed by atoms with Crippen molar-refractivity contribution in [2.45, 2.75) is 20.8 Å². The fourth-order valence-corrected chi connectivity index (χ4v) is 3.46. The topological polar surface area (TPSA) is 72.4 Å². The van der Waals surface area contributed by atoms with Gasteiger partial charge in [0.25, 0.3) is 11.8 Å². The van der Waals surface area contributed by atoms with Crippen LogP contribution in [0.3, 0.4) is 0 Å². The van der Waals surface area contributed by atoms with Crippen LogP contribution in [0.5, 0.6) is 5.75 Å². The first-order valence-electron chi connectivity index (χ1n) is 11.3. The number of carbonyl (C=O) groups excluding carboxylic acids is 2. The molecule has 5 rings (SSSR count). The van der Waals surface area contributed by atoms with Gasteiger partial charge in [-0.3, -0.25) is 19.5 Å². The van der Waals surface area contributed by atoms with Crippen molar-refractivity contribution in [1.29, 1.82) is 0 Å². The molecule has 0 unspecified atom stereocenters. The number of imide groups is 1. The number of fused-ring (bicyclic) bond motifs is 2. The van der Waals surface area contributed by atoms with Gasteiger partial charge in [-0.05, 0) is 56.7 Å². The first-order chi connectivity index (χ1) is 16.8. The summed E-state index contributed by atoms with van der Waals surface area (Å²) in [7, 11) is 1.49. The van der Waals surface area contributed by atoms with E-state index in [2.05, 4.69) is 16.5 Å². The van der Waals surface area contributed by atoms with E-state index in [4.69, 9.17) is 4.74 Å². The molecule has 35 heavy (non-hydrogen) atoms. The van der Waals surface area contributed by atoms with Gasteiger partial charge < -0.3 is 4.74 Å². The standard InChI is InChI=1S/C11H14O.C9H8N2.C9H7NO2/c1-4-12-11-8-6-5-7-10(11)9(2)3;1-7-6-10-8-4-2-3-5-9(8)11-7;1-10-8(11)6-4-2-3-5-7(6)9(10)12/h5-8H,2,4H2,1,3H3;2-6H,1H3;2-5H,1H3. The summed E-state index contributed by atoms with van der Waals surface area (Å²) in [6.07, 6.45) is 1.78. The predicted octanol–water partition coefficient (Wildman–Crippen LogP) is 5.97. The second kappa shape index (κ2) is 11.7. The first-order valence-corrected chi connectivity index (χ1v) is 11.3. The maximum absolute atomic E-state index is 11.3. The van der Waals surface area contributed by atoms with Crippen molar-refractivity contribution in [2.75, 3.05) is 13.7 Å². The zero-order chi connectivity index (χ0) is 25.4. The zero-order valence-corrected chi connectivity index (χ0v) is 20.5. The van der Waals surface area contributed by atoms with E-state index >= 15 is 0 Å². The van der Waals surface area contributed by atoms with Crippen LogP contribution in [0.1, 0.15) is 45.8 Å². The average Bonchev–Trinajstić information content (AvgIpc) is 3.09. The monoisotopic (exact) mass is 467 g/mol. The fraction of sp³-hybridized carbons (Fsp3) is 0.172. The number of para-hydroxylation sites is 3. The van der Waals surface area contributed by atoms with Crippen molar-refractivity contribution in [3.63, 3.8) is 0 Å². The SMILES string of the molecule is C=C(C)c1ccccc1OCC.CN1C(=O)c2ccccc2C1=O.Cc1cnc2ccccc2n1. The van der Waals surface area contributed by atoms with Gasteiger partial charge in [0.05, 0.1) is 34.5 Å². The highest BCUT2D eigenvalue weighted by Crippen LogP contribution is 2.24. The van der Waals surface area contributed by atoms with E-state index in [1.807, 2.05) is 69.3 Å². The van der Waals surface area contributed by atoms with Crippen LogP contribution in [0.15, 0.2) is 85.6 Å². The molecule has 1 aliphatic heterocycles. The molecule has 1 aromatic heterocycles. The Morgan fingerprint density at radius 2 is 1.43 bits per heavy atom. The van der Waals surface area contributed by atoms with Crippen LogP contribution in [-0.4, -0.2) is 40.3 Å². The number of aryl methyl sites for hydroxylation is 1. The summed E-state index contributed by atoms with van der Waals surface area (Å²) in [6.45, 7) is 10.5. The van der Waals surface area contributed by atoms with Gasteiger partial charge in [-0.2, -0.15) is 0 Å². The molecule has 2 heterocycles. The molecule has 0 fully saturated rings. The van der Waals surface area contributed by atoms with Gasteiger partial charge in [-0.1, -0.05) is 49.0 Å². The van der Waals surface area contributed by atoms with Crippen molar-refractivity contribution in [1.82, 2.24) is 14.9 Å². The van der Waals surface area contributed by atoms with Crippen molar-refractivity contribution in [2.24, 2.45) is 0 Å². The number of allylic oxidation sites excluding steroid dienone is 1. The summed E-state index contributed by atoms with van der Waals surface area (Å²) < 4.78 is 5.44. The minimum Gasteiger partial charge on any atom is -0.493 e. The van der Waals surface area contributed by atoms with Gasteiger partial charge in [0.1, 0.15) is 5.75 Å². The van der Waals surface area contributed by atoms with E-state index in [1.165, 1.54) is 7.05 Å². The van der Waals surface area contributed by atoms with E-state index in [-0.39, 0.29) is 11.8 Å². The summed E-state index contributed by atoms with van der Waals surface area (Å²) in [6, 6.07) is 22.6. The Morgan fingerprint density at radius 3 is 2.03 bits per heavy atom. The summed E-state index contributed by atoms with van der Waals surface area (Å²) in [5.74, 6) is 0.499. The third-order valence-electron chi connectivity index (χ3n) is 5.21. The number of hydrogen-bond acceptors (Lipinski definition) is 5. The quantitative estimate of drug-likeness (QED) is 0.347. The van der Waals surface area contributed by atoms with Crippen LogP contribution in [0.2, 0.25) is 0 Å². The highest BCUT2D eigenvalue weighted by atomic mass is 16.5. The summed E-state index contributed by atoms with van der Waals surface area (Å²) >= 11 is 0. The maximum atomic E-state index is 11.3. The molecule has 0 aliphatic carbocycles. The van der Waals surface area contributed by atoms with Crippen molar-refractivity contribution >= 4 is 28.4 Å². The molecule has 0 radical (unpaired) electrons. The van der Waals surface area contributed by atoms with Crippen LogP contribution in [0, 0.1) is 6.92 Å². The molecule has 3 aromatic carbocycles. The van der Waals surface area contributed by atoms with Gasteiger partial charge in [0.2, 0.25) is 0 Å². The Bertz CT molecular complexity index is 1330.